The highest BCUT2D eigenvalue weighted by Gasteiger charge is 2.32. The third kappa shape index (κ3) is 4.20. The van der Waals surface area contributed by atoms with Crippen molar-refractivity contribution in [2.45, 2.75) is 12.5 Å². The fourth-order valence-corrected chi connectivity index (χ4v) is 5.15. The van der Waals surface area contributed by atoms with E-state index in [4.69, 9.17) is 4.74 Å². The zero-order valence-electron chi connectivity index (χ0n) is 16.2. The van der Waals surface area contributed by atoms with E-state index in [-0.39, 0.29) is 23.2 Å². The molecule has 1 aromatic heterocycles. The predicted octanol–water partition coefficient (Wildman–Crippen LogP) is 3.31. The molecule has 4 rings (SSSR count). The number of sulfone groups is 1. The number of nitrogens with zero attached hydrogens (tertiary/aromatic N) is 2. The Balaban J connectivity index is 1.69. The summed E-state index contributed by atoms with van der Waals surface area (Å²) in [7, 11) is -1.56. The largest absolute Gasteiger partial charge is 0.497 e. The van der Waals surface area contributed by atoms with Crippen molar-refractivity contribution in [3.63, 3.8) is 0 Å². The molecule has 1 aliphatic rings. The number of carbonyl (C=O) groups is 1. The van der Waals surface area contributed by atoms with Gasteiger partial charge in [0, 0.05) is 11.3 Å². The van der Waals surface area contributed by atoms with Crippen LogP contribution in [-0.4, -0.2) is 42.7 Å². The van der Waals surface area contributed by atoms with Gasteiger partial charge < -0.3 is 10.1 Å². The maximum atomic E-state index is 13.1. The fraction of sp³-hybridized carbons (Fsp3) is 0.238. The highest BCUT2D eigenvalue weighted by molar-refractivity contribution is 7.91. The molecule has 30 heavy (non-hydrogen) atoms. The molecule has 1 saturated heterocycles. The Labute approximate surface area is 173 Å². The van der Waals surface area contributed by atoms with Gasteiger partial charge >= 0.3 is 0 Å². The monoisotopic (exact) mass is 429 g/mol. The van der Waals surface area contributed by atoms with Crippen LogP contribution >= 0.6 is 0 Å². The second-order valence-corrected chi connectivity index (χ2v) is 9.33. The SMILES string of the molecule is COc1ccc(-c2cc(C(=O)Nc3ccc(F)cc3)nn2[C@@H]2CCS(=O)(=O)C2)cc1. The van der Waals surface area contributed by atoms with E-state index in [1.54, 1.807) is 30.0 Å². The summed E-state index contributed by atoms with van der Waals surface area (Å²) in [6, 6.07) is 13.9. The standard InChI is InChI=1S/C21H20FN3O4S/c1-29-18-8-2-14(3-9-18)20-12-19(21(26)23-16-6-4-15(22)5-7-16)24-25(20)17-10-11-30(27,28)13-17/h2-9,12,17H,10-11,13H2,1H3,(H,23,26)/t17-/m1/s1. The van der Waals surface area contributed by atoms with Crippen LogP contribution in [0.25, 0.3) is 11.3 Å². The Morgan fingerprint density at radius 3 is 2.47 bits per heavy atom. The van der Waals surface area contributed by atoms with Gasteiger partial charge in [0.25, 0.3) is 5.91 Å². The van der Waals surface area contributed by atoms with Crippen LogP contribution in [-0.2, 0) is 9.84 Å². The summed E-state index contributed by atoms with van der Waals surface area (Å²) in [6.07, 6.45) is 0.437. The Hall–Kier alpha value is -3.20. The molecule has 156 valence electrons. The van der Waals surface area contributed by atoms with Crippen molar-refractivity contribution in [1.82, 2.24) is 9.78 Å². The van der Waals surface area contributed by atoms with Gasteiger partial charge in [-0.25, -0.2) is 12.8 Å². The summed E-state index contributed by atoms with van der Waals surface area (Å²) < 4.78 is 43.9. The first-order chi connectivity index (χ1) is 14.3. The number of hydrogen-bond acceptors (Lipinski definition) is 5. The van der Waals surface area contributed by atoms with Gasteiger partial charge in [-0.3, -0.25) is 9.48 Å². The minimum absolute atomic E-state index is 0.0170. The lowest BCUT2D eigenvalue weighted by molar-refractivity contribution is 0.102. The molecule has 0 bridgehead atoms. The summed E-state index contributed by atoms with van der Waals surface area (Å²) in [4.78, 5) is 12.7. The quantitative estimate of drug-likeness (QED) is 0.672. The van der Waals surface area contributed by atoms with E-state index in [1.807, 2.05) is 12.1 Å². The number of amides is 1. The second-order valence-electron chi connectivity index (χ2n) is 7.11. The van der Waals surface area contributed by atoms with Gasteiger partial charge in [-0.15, -0.1) is 0 Å². The average molecular weight is 429 g/mol. The highest BCUT2D eigenvalue weighted by atomic mass is 32.2. The maximum Gasteiger partial charge on any atom is 0.276 e. The number of hydrogen-bond donors (Lipinski definition) is 1. The van der Waals surface area contributed by atoms with Gasteiger partial charge in [-0.1, -0.05) is 0 Å². The molecule has 1 atom stereocenters. The molecule has 0 radical (unpaired) electrons. The second kappa shape index (κ2) is 7.91. The molecule has 1 aliphatic heterocycles. The molecule has 2 aromatic carbocycles. The lowest BCUT2D eigenvalue weighted by Crippen LogP contribution is -2.16. The summed E-state index contributed by atoms with van der Waals surface area (Å²) in [5, 5.41) is 7.11. The first kappa shape index (κ1) is 20.1. The molecule has 0 saturated carbocycles. The van der Waals surface area contributed by atoms with Crippen LogP contribution in [0.3, 0.4) is 0 Å². The van der Waals surface area contributed by atoms with Crippen LogP contribution in [0.15, 0.2) is 54.6 Å². The third-order valence-corrected chi connectivity index (χ3v) is 6.76. The molecule has 2 heterocycles. The van der Waals surface area contributed by atoms with Crippen LogP contribution in [0.4, 0.5) is 10.1 Å². The number of aromatic nitrogens is 2. The molecule has 0 aliphatic carbocycles. The summed E-state index contributed by atoms with van der Waals surface area (Å²) in [5.41, 5.74) is 2.01. The van der Waals surface area contributed by atoms with E-state index >= 15 is 0 Å². The van der Waals surface area contributed by atoms with E-state index in [0.29, 0.717) is 23.6 Å². The van der Waals surface area contributed by atoms with Gasteiger partial charge in [0.1, 0.15) is 11.6 Å². The van der Waals surface area contributed by atoms with Gasteiger partial charge in [-0.05, 0) is 61.0 Å². The Bertz CT molecular complexity index is 1170. The minimum atomic E-state index is -3.13. The lowest BCUT2D eigenvalue weighted by Gasteiger charge is -2.13. The van der Waals surface area contributed by atoms with Gasteiger partial charge in [0.2, 0.25) is 0 Å². The zero-order valence-corrected chi connectivity index (χ0v) is 17.0. The molecule has 0 unspecified atom stereocenters. The molecule has 9 heteroatoms. The molecule has 3 aromatic rings. The van der Waals surface area contributed by atoms with Crippen LogP contribution in [0.1, 0.15) is 23.0 Å². The summed E-state index contributed by atoms with van der Waals surface area (Å²) >= 11 is 0. The van der Waals surface area contributed by atoms with Gasteiger partial charge in [0.15, 0.2) is 15.5 Å². The van der Waals surface area contributed by atoms with Crippen molar-refractivity contribution in [3.05, 3.63) is 66.1 Å². The van der Waals surface area contributed by atoms with E-state index < -0.39 is 21.6 Å². The predicted molar refractivity (Wildman–Crippen MR) is 111 cm³/mol. The summed E-state index contributed by atoms with van der Waals surface area (Å²) in [5.74, 6) is -0.104. The number of benzene rings is 2. The van der Waals surface area contributed by atoms with E-state index in [1.165, 1.54) is 24.3 Å². The number of carbonyl (C=O) groups excluding carboxylic acids is 1. The van der Waals surface area contributed by atoms with Crippen molar-refractivity contribution < 1.29 is 22.3 Å². The summed E-state index contributed by atoms with van der Waals surface area (Å²) in [6.45, 7) is 0. The Morgan fingerprint density at radius 2 is 1.87 bits per heavy atom. The van der Waals surface area contributed by atoms with Crippen LogP contribution in [0.5, 0.6) is 5.75 Å². The average Bonchev–Trinajstić information content (AvgIpc) is 3.33. The van der Waals surface area contributed by atoms with E-state index in [2.05, 4.69) is 10.4 Å². The van der Waals surface area contributed by atoms with Gasteiger partial charge in [0.05, 0.1) is 30.4 Å². The molecule has 1 N–H and O–H groups in total. The normalized spacial score (nSPS) is 17.6. The van der Waals surface area contributed by atoms with E-state index in [0.717, 1.165) is 5.56 Å². The lowest BCUT2D eigenvalue weighted by atomic mass is 10.1. The molecule has 0 spiro atoms. The maximum absolute atomic E-state index is 13.1. The van der Waals surface area contributed by atoms with Gasteiger partial charge in [-0.2, -0.15) is 5.10 Å². The first-order valence-electron chi connectivity index (χ1n) is 9.36. The van der Waals surface area contributed by atoms with Crippen LogP contribution < -0.4 is 10.1 Å². The number of methoxy groups -OCH3 is 1. The fourth-order valence-electron chi connectivity index (χ4n) is 3.46. The van der Waals surface area contributed by atoms with E-state index in [9.17, 15) is 17.6 Å². The third-order valence-electron chi connectivity index (χ3n) is 5.01. The van der Waals surface area contributed by atoms with Crippen molar-refractivity contribution in [1.29, 1.82) is 0 Å². The topological polar surface area (TPSA) is 90.3 Å². The first-order valence-corrected chi connectivity index (χ1v) is 11.2. The number of rotatable bonds is 5. The number of nitrogens with one attached hydrogen (secondary N) is 1. The molecule has 1 amide bonds. The number of ether oxygens (including phenoxy) is 1. The number of halogens is 1. The zero-order chi connectivity index (χ0) is 21.3. The Morgan fingerprint density at radius 1 is 1.17 bits per heavy atom. The highest BCUT2D eigenvalue weighted by Crippen LogP contribution is 2.31. The minimum Gasteiger partial charge on any atom is -0.497 e. The molecule has 7 nitrogen and oxygen atoms in total. The smallest absolute Gasteiger partial charge is 0.276 e. The molecular formula is C21H20FN3O4S. The molecule has 1 fully saturated rings. The van der Waals surface area contributed by atoms with Crippen LogP contribution in [0.2, 0.25) is 0 Å². The number of anilines is 1. The molecular weight excluding hydrogens is 409 g/mol. The van der Waals surface area contributed by atoms with Crippen molar-refractivity contribution in [2.24, 2.45) is 0 Å². The van der Waals surface area contributed by atoms with Crippen LogP contribution in [0, 0.1) is 5.82 Å². The van der Waals surface area contributed by atoms with Crippen molar-refractivity contribution in [3.8, 4) is 17.0 Å². The Kier molecular flexibility index (Phi) is 5.29. The van der Waals surface area contributed by atoms with Crippen molar-refractivity contribution in [2.75, 3.05) is 23.9 Å². The van der Waals surface area contributed by atoms with Crippen molar-refractivity contribution >= 4 is 21.4 Å².